The highest BCUT2D eigenvalue weighted by molar-refractivity contribution is 7.99. The normalized spacial score (nSPS) is 14.0. The van der Waals surface area contributed by atoms with Crippen LogP contribution in [0.2, 0.25) is 0 Å². The van der Waals surface area contributed by atoms with E-state index in [1.54, 1.807) is 11.3 Å². The predicted octanol–water partition coefficient (Wildman–Crippen LogP) is 3.40. The average molecular weight is 380 g/mol. The minimum atomic E-state index is -0.0264. The van der Waals surface area contributed by atoms with E-state index in [0.29, 0.717) is 17.3 Å². The molecule has 5 nitrogen and oxygen atoms in total. The van der Waals surface area contributed by atoms with Gasteiger partial charge in [0.25, 0.3) is 5.56 Å². The summed E-state index contributed by atoms with van der Waals surface area (Å²) >= 11 is 3.15. The van der Waals surface area contributed by atoms with Gasteiger partial charge in [0.05, 0.1) is 16.9 Å². The summed E-state index contributed by atoms with van der Waals surface area (Å²) in [5.74, 6) is 1.65. The maximum Gasteiger partial charge on any atom is 0.259 e. The molecule has 2 aromatic heterocycles. The summed E-state index contributed by atoms with van der Waals surface area (Å²) in [6.07, 6.45) is 6.30. The van der Waals surface area contributed by atoms with Crippen molar-refractivity contribution in [3.8, 4) is 0 Å². The highest BCUT2D eigenvalue weighted by atomic mass is 32.2. The molecular weight excluding hydrogens is 354 g/mol. The monoisotopic (exact) mass is 379 g/mol. The van der Waals surface area contributed by atoms with E-state index in [2.05, 4.69) is 29.1 Å². The Balaban J connectivity index is 1.65. The van der Waals surface area contributed by atoms with E-state index in [0.717, 1.165) is 42.3 Å². The van der Waals surface area contributed by atoms with Crippen molar-refractivity contribution >= 4 is 39.2 Å². The molecule has 0 aromatic carbocycles. The van der Waals surface area contributed by atoms with Crippen molar-refractivity contribution in [3.63, 3.8) is 0 Å². The van der Waals surface area contributed by atoms with Gasteiger partial charge in [-0.15, -0.1) is 23.1 Å². The molecule has 0 saturated carbocycles. The number of aryl methyl sites for hydroxylation is 2. The van der Waals surface area contributed by atoms with Gasteiger partial charge in [0.2, 0.25) is 5.91 Å². The minimum absolute atomic E-state index is 0.0264. The molecular formula is C18H25N3O2S2. The first-order valence-electron chi connectivity index (χ1n) is 9.02. The van der Waals surface area contributed by atoms with Crippen molar-refractivity contribution in [1.82, 2.24) is 15.3 Å². The fraction of sp³-hybridized carbons (Fsp3) is 0.611. The number of thiophene rings is 1. The van der Waals surface area contributed by atoms with E-state index >= 15 is 0 Å². The molecule has 0 bridgehead atoms. The van der Waals surface area contributed by atoms with Gasteiger partial charge in [0.15, 0.2) is 0 Å². The minimum Gasteiger partial charge on any atom is -0.353 e. The molecule has 3 rings (SSSR count). The van der Waals surface area contributed by atoms with E-state index in [1.165, 1.54) is 28.6 Å². The number of rotatable bonds is 7. The first kappa shape index (κ1) is 18.5. The molecule has 0 saturated heterocycles. The van der Waals surface area contributed by atoms with Crippen LogP contribution in [-0.4, -0.2) is 27.7 Å². The van der Waals surface area contributed by atoms with Crippen molar-refractivity contribution < 1.29 is 4.79 Å². The number of nitrogens with one attached hydrogen (secondary N) is 2. The zero-order chi connectivity index (χ0) is 17.8. The molecule has 2 heterocycles. The Morgan fingerprint density at radius 1 is 1.32 bits per heavy atom. The first-order valence-corrected chi connectivity index (χ1v) is 11.0. The zero-order valence-corrected chi connectivity index (χ0v) is 16.4. The molecule has 1 amide bonds. The zero-order valence-electron chi connectivity index (χ0n) is 14.8. The molecule has 0 spiro atoms. The van der Waals surface area contributed by atoms with Gasteiger partial charge in [-0.05, 0) is 44.1 Å². The predicted molar refractivity (Wildman–Crippen MR) is 106 cm³/mol. The molecule has 0 radical (unpaired) electrons. The van der Waals surface area contributed by atoms with E-state index < -0.39 is 0 Å². The van der Waals surface area contributed by atoms with Crippen molar-refractivity contribution in [2.75, 3.05) is 5.75 Å². The number of aromatic nitrogens is 2. The van der Waals surface area contributed by atoms with Crippen LogP contribution in [0, 0.1) is 0 Å². The lowest BCUT2D eigenvalue weighted by atomic mass is 9.97. The van der Waals surface area contributed by atoms with Crippen LogP contribution in [0.3, 0.4) is 0 Å². The number of H-pyrrole nitrogens is 1. The molecule has 25 heavy (non-hydrogen) atoms. The number of fused-ring (bicyclic) bond motifs is 3. The van der Waals surface area contributed by atoms with Crippen molar-refractivity contribution in [1.29, 1.82) is 0 Å². The third-order valence-corrected chi connectivity index (χ3v) is 6.83. The summed E-state index contributed by atoms with van der Waals surface area (Å²) in [6.45, 7) is 4.15. The lowest BCUT2D eigenvalue weighted by molar-refractivity contribution is -0.119. The highest BCUT2D eigenvalue weighted by Crippen LogP contribution is 2.33. The molecule has 1 aliphatic carbocycles. The third kappa shape index (κ3) is 4.26. The van der Waals surface area contributed by atoms with Crippen LogP contribution in [0.4, 0.5) is 0 Å². The molecule has 2 aromatic rings. The van der Waals surface area contributed by atoms with E-state index in [1.807, 2.05) is 0 Å². The molecule has 0 fully saturated rings. The number of thioether (sulfide) groups is 1. The standard InChI is InChI=1S/C18H25N3O2S2/c1-3-11(4-2)19-15(22)10-24-9-14-20-17(23)16-12-7-5-6-8-13(12)25-18(16)21-14/h11H,3-10H2,1-2H3,(H,19,22)(H,20,21,23). The highest BCUT2D eigenvalue weighted by Gasteiger charge is 2.19. The van der Waals surface area contributed by atoms with Crippen LogP contribution in [-0.2, 0) is 23.4 Å². The molecule has 0 aliphatic heterocycles. The van der Waals surface area contributed by atoms with Crippen LogP contribution in [0.5, 0.6) is 0 Å². The van der Waals surface area contributed by atoms with Crippen LogP contribution in [0.1, 0.15) is 55.8 Å². The van der Waals surface area contributed by atoms with Crippen molar-refractivity contribution in [3.05, 3.63) is 26.6 Å². The number of hydrogen-bond acceptors (Lipinski definition) is 5. The van der Waals surface area contributed by atoms with Gasteiger partial charge in [-0.25, -0.2) is 4.98 Å². The second kappa shape index (κ2) is 8.36. The van der Waals surface area contributed by atoms with Gasteiger partial charge in [0.1, 0.15) is 10.7 Å². The van der Waals surface area contributed by atoms with Crippen LogP contribution < -0.4 is 10.9 Å². The summed E-state index contributed by atoms with van der Waals surface area (Å²) in [5.41, 5.74) is 1.19. The van der Waals surface area contributed by atoms with E-state index in [4.69, 9.17) is 0 Å². The van der Waals surface area contributed by atoms with Gasteiger partial charge in [0, 0.05) is 10.9 Å². The lowest BCUT2D eigenvalue weighted by Gasteiger charge is -2.14. The molecule has 1 aliphatic rings. The van der Waals surface area contributed by atoms with Gasteiger partial charge < -0.3 is 10.3 Å². The van der Waals surface area contributed by atoms with Gasteiger partial charge in [-0.1, -0.05) is 13.8 Å². The Labute approximate surface area is 156 Å². The molecule has 7 heteroatoms. The Morgan fingerprint density at radius 2 is 2.08 bits per heavy atom. The second-order valence-electron chi connectivity index (χ2n) is 6.48. The topological polar surface area (TPSA) is 74.8 Å². The number of nitrogens with zero attached hydrogens (tertiary/aromatic N) is 1. The molecule has 0 unspecified atom stereocenters. The molecule has 0 atom stereocenters. The smallest absolute Gasteiger partial charge is 0.259 e. The van der Waals surface area contributed by atoms with Crippen molar-refractivity contribution in [2.24, 2.45) is 0 Å². The van der Waals surface area contributed by atoms with Gasteiger partial charge in [-0.2, -0.15) is 0 Å². The maximum atomic E-state index is 12.5. The Morgan fingerprint density at radius 3 is 2.84 bits per heavy atom. The largest absolute Gasteiger partial charge is 0.353 e. The number of aromatic amines is 1. The Bertz CT molecular complexity index is 808. The summed E-state index contributed by atoms with van der Waals surface area (Å²) in [5, 5.41) is 3.82. The maximum absolute atomic E-state index is 12.5. The second-order valence-corrected chi connectivity index (χ2v) is 8.55. The fourth-order valence-corrected chi connectivity index (χ4v) is 5.26. The van der Waals surface area contributed by atoms with Crippen LogP contribution in [0.25, 0.3) is 10.2 Å². The lowest BCUT2D eigenvalue weighted by Crippen LogP contribution is -2.35. The van der Waals surface area contributed by atoms with E-state index in [9.17, 15) is 9.59 Å². The number of hydrogen-bond donors (Lipinski definition) is 2. The fourth-order valence-electron chi connectivity index (χ4n) is 3.28. The van der Waals surface area contributed by atoms with E-state index in [-0.39, 0.29) is 17.5 Å². The van der Waals surface area contributed by atoms with Gasteiger partial charge in [-0.3, -0.25) is 9.59 Å². The molecule has 2 N–H and O–H groups in total. The number of amides is 1. The van der Waals surface area contributed by atoms with Crippen LogP contribution >= 0.6 is 23.1 Å². The molecule has 136 valence electrons. The average Bonchev–Trinajstić information content (AvgIpc) is 2.98. The van der Waals surface area contributed by atoms with Gasteiger partial charge >= 0.3 is 0 Å². The summed E-state index contributed by atoms with van der Waals surface area (Å²) in [4.78, 5) is 34.2. The SMILES string of the molecule is CCC(CC)NC(=O)CSCc1nc2sc3c(c2c(=O)[nH]1)CCCC3. The summed E-state index contributed by atoms with van der Waals surface area (Å²) in [7, 11) is 0. The summed E-state index contributed by atoms with van der Waals surface area (Å²) in [6, 6.07) is 0.250. The summed E-state index contributed by atoms with van der Waals surface area (Å²) < 4.78 is 0. The van der Waals surface area contributed by atoms with Crippen LogP contribution in [0.15, 0.2) is 4.79 Å². The Hall–Kier alpha value is -1.34. The number of carbonyl (C=O) groups excluding carboxylic acids is 1. The number of carbonyl (C=O) groups is 1. The Kier molecular flexibility index (Phi) is 6.17. The third-order valence-electron chi connectivity index (χ3n) is 4.70. The van der Waals surface area contributed by atoms with Crippen molar-refractivity contribution in [2.45, 2.75) is 64.2 Å². The quantitative estimate of drug-likeness (QED) is 0.773. The first-order chi connectivity index (χ1) is 12.1.